The second-order valence-electron chi connectivity index (χ2n) is 21.1. The summed E-state index contributed by atoms with van der Waals surface area (Å²) < 4.78 is 11.9. The fourth-order valence-electron chi connectivity index (χ4n) is 10.3. The first-order valence-electron chi connectivity index (χ1n) is 28.9. The highest BCUT2D eigenvalue weighted by Gasteiger charge is 2.29. The molecule has 3 atom stereocenters. The van der Waals surface area contributed by atoms with Crippen molar-refractivity contribution in [1.82, 2.24) is 14.7 Å². The lowest BCUT2D eigenvalue weighted by Crippen LogP contribution is -2.51. The first kappa shape index (κ1) is 58.9. The van der Waals surface area contributed by atoms with Crippen LogP contribution in [0.4, 0.5) is 0 Å². The number of nitrogens with zero attached hydrogens (tertiary/aromatic N) is 3. The van der Waals surface area contributed by atoms with Gasteiger partial charge in [0.2, 0.25) is 0 Å². The number of likely N-dealkylation sites (tertiary alicyclic amines) is 1. The molecule has 0 spiro atoms. The van der Waals surface area contributed by atoms with Crippen LogP contribution in [0.3, 0.4) is 0 Å². The molecule has 1 saturated carbocycles. The van der Waals surface area contributed by atoms with Crippen LogP contribution in [0, 0.1) is 11.8 Å². The molecule has 378 valence electrons. The number of esters is 2. The Balaban J connectivity index is 1.82. The predicted octanol–water partition coefficient (Wildman–Crippen LogP) is 15.5. The molecule has 2 fully saturated rings. The van der Waals surface area contributed by atoms with Crippen molar-refractivity contribution in [2.45, 2.75) is 284 Å². The molecule has 0 amide bonds. The number of piperidine rings is 1. The number of likely N-dealkylation sites (N-methyl/N-ethyl adjacent to an activating group) is 1. The van der Waals surface area contributed by atoms with E-state index in [2.05, 4.69) is 49.4 Å². The second kappa shape index (κ2) is 42.0. The number of unbranched alkanes of at least 4 members (excludes halogenated alkanes) is 20. The number of ether oxygens (including phenoxy) is 2. The lowest BCUT2D eigenvalue weighted by molar-refractivity contribution is -0.146. The van der Waals surface area contributed by atoms with Crippen molar-refractivity contribution < 1.29 is 19.1 Å². The summed E-state index contributed by atoms with van der Waals surface area (Å²) in [6, 6.07) is 1.46. The van der Waals surface area contributed by atoms with Crippen LogP contribution >= 0.6 is 0 Å². The molecule has 1 saturated heterocycles. The van der Waals surface area contributed by atoms with E-state index in [9.17, 15) is 9.59 Å². The van der Waals surface area contributed by atoms with Crippen LogP contribution in [0.25, 0.3) is 0 Å². The monoisotopic (exact) mass is 902 g/mol. The number of carbonyl (C=O) groups excluding carboxylic acids is 2. The predicted molar refractivity (Wildman–Crippen MR) is 275 cm³/mol. The minimum atomic E-state index is 0.0148. The van der Waals surface area contributed by atoms with Gasteiger partial charge in [-0.15, -0.1) is 0 Å². The lowest BCUT2D eigenvalue weighted by atomic mass is 9.90. The maximum absolute atomic E-state index is 12.9. The summed E-state index contributed by atoms with van der Waals surface area (Å²) in [5.41, 5.74) is 0. The highest BCUT2D eigenvalue weighted by atomic mass is 16.5. The summed E-state index contributed by atoms with van der Waals surface area (Å²) in [6.45, 7) is 17.3. The standard InChI is InChI=1S/C57H111N3O4/c1-6-10-14-18-20-26-37-52(35-24-16-12-8-3)50-63-56(61)42-28-22-31-45-59(47-48-60(54-40-34-41-54)49-55-39-30-33-44-58(55)5)46-32-23-29-43-57(62)64-51-53(36-25-17-13-9-4)38-27-21-19-15-11-7-2/h52-55H,6-51H2,1-5H3. The van der Waals surface area contributed by atoms with Crippen molar-refractivity contribution in [1.29, 1.82) is 0 Å². The molecular formula is C57H111N3O4. The van der Waals surface area contributed by atoms with E-state index in [1.165, 1.54) is 206 Å². The van der Waals surface area contributed by atoms with Gasteiger partial charge in [-0.25, -0.2) is 0 Å². The topological polar surface area (TPSA) is 62.3 Å². The van der Waals surface area contributed by atoms with Crippen molar-refractivity contribution in [2.24, 2.45) is 11.8 Å². The number of hydrogen-bond donors (Lipinski definition) is 0. The average molecular weight is 903 g/mol. The zero-order valence-electron chi connectivity index (χ0n) is 43.8. The van der Waals surface area contributed by atoms with E-state index in [0.717, 1.165) is 70.7 Å². The van der Waals surface area contributed by atoms with Gasteiger partial charge in [0.25, 0.3) is 0 Å². The Labute approximate surface area is 399 Å². The van der Waals surface area contributed by atoms with Gasteiger partial charge in [-0.2, -0.15) is 0 Å². The third-order valence-corrected chi connectivity index (χ3v) is 15.2. The third kappa shape index (κ3) is 31.7. The van der Waals surface area contributed by atoms with E-state index >= 15 is 0 Å². The minimum absolute atomic E-state index is 0.0148. The molecule has 64 heavy (non-hydrogen) atoms. The van der Waals surface area contributed by atoms with Crippen molar-refractivity contribution in [3.05, 3.63) is 0 Å². The summed E-state index contributed by atoms with van der Waals surface area (Å²) >= 11 is 0. The van der Waals surface area contributed by atoms with E-state index in [0.29, 0.717) is 43.9 Å². The average Bonchev–Trinajstić information content (AvgIpc) is 3.27. The molecule has 1 aliphatic carbocycles. The van der Waals surface area contributed by atoms with E-state index in [-0.39, 0.29) is 11.9 Å². The Kier molecular flexibility index (Phi) is 38.6. The maximum atomic E-state index is 12.9. The zero-order chi connectivity index (χ0) is 46.1. The fourth-order valence-corrected chi connectivity index (χ4v) is 10.3. The van der Waals surface area contributed by atoms with Gasteiger partial charge in [0.1, 0.15) is 0 Å². The van der Waals surface area contributed by atoms with E-state index in [1.54, 1.807) is 0 Å². The Bertz CT molecular complexity index is 996. The second-order valence-corrected chi connectivity index (χ2v) is 21.1. The Morgan fingerprint density at radius 2 is 0.906 bits per heavy atom. The van der Waals surface area contributed by atoms with Gasteiger partial charge in [-0.05, 0) is 116 Å². The molecule has 0 radical (unpaired) electrons. The summed E-state index contributed by atoms with van der Waals surface area (Å²) in [5.74, 6) is 1.09. The van der Waals surface area contributed by atoms with E-state index in [1.807, 2.05) is 0 Å². The highest BCUT2D eigenvalue weighted by Crippen LogP contribution is 2.27. The molecule has 2 rings (SSSR count). The van der Waals surface area contributed by atoms with Crippen LogP contribution in [-0.2, 0) is 19.1 Å². The van der Waals surface area contributed by atoms with Crippen molar-refractivity contribution in [3.63, 3.8) is 0 Å². The first-order chi connectivity index (χ1) is 31.4. The van der Waals surface area contributed by atoms with Gasteiger partial charge in [0.05, 0.1) is 13.2 Å². The summed E-state index contributed by atoms with van der Waals surface area (Å²) in [5, 5.41) is 0. The molecule has 1 heterocycles. The molecule has 0 aromatic rings. The van der Waals surface area contributed by atoms with Crippen molar-refractivity contribution >= 4 is 11.9 Å². The van der Waals surface area contributed by atoms with Gasteiger partial charge < -0.3 is 19.3 Å². The van der Waals surface area contributed by atoms with Gasteiger partial charge in [0.15, 0.2) is 0 Å². The molecule has 1 aliphatic heterocycles. The smallest absolute Gasteiger partial charge is 0.305 e. The van der Waals surface area contributed by atoms with Crippen molar-refractivity contribution in [3.8, 4) is 0 Å². The van der Waals surface area contributed by atoms with Crippen LogP contribution < -0.4 is 0 Å². The normalized spacial score (nSPS) is 17.0. The van der Waals surface area contributed by atoms with E-state index < -0.39 is 0 Å². The number of carbonyl (C=O) groups is 2. The van der Waals surface area contributed by atoms with Crippen LogP contribution in [0.15, 0.2) is 0 Å². The molecule has 3 unspecified atom stereocenters. The number of hydrogen-bond acceptors (Lipinski definition) is 7. The summed E-state index contributed by atoms with van der Waals surface area (Å²) in [6.07, 6.45) is 46.6. The van der Waals surface area contributed by atoms with Crippen LogP contribution in [0.2, 0.25) is 0 Å². The molecule has 0 N–H and O–H groups in total. The molecule has 0 aromatic carbocycles. The quantitative estimate of drug-likeness (QED) is 0.0445. The Morgan fingerprint density at radius 3 is 1.33 bits per heavy atom. The molecule has 0 aromatic heterocycles. The van der Waals surface area contributed by atoms with Gasteiger partial charge in [-0.1, -0.05) is 182 Å². The van der Waals surface area contributed by atoms with Crippen LogP contribution in [-0.4, -0.2) is 98.3 Å². The van der Waals surface area contributed by atoms with Gasteiger partial charge in [0, 0.05) is 44.6 Å². The Morgan fingerprint density at radius 1 is 0.484 bits per heavy atom. The number of rotatable bonds is 46. The van der Waals surface area contributed by atoms with Crippen molar-refractivity contribution in [2.75, 3.05) is 59.5 Å². The molecule has 7 heteroatoms. The highest BCUT2D eigenvalue weighted by molar-refractivity contribution is 5.69. The molecule has 7 nitrogen and oxygen atoms in total. The fraction of sp³-hybridized carbons (Fsp3) is 0.965. The molecule has 2 aliphatic rings. The summed E-state index contributed by atoms with van der Waals surface area (Å²) in [4.78, 5) is 34.0. The van der Waals surface area contributed by atoms with E-state index in [4.69, 9.17) is 9.47 Å². The third-order valence-electron chi connectivity index (χ3n) is 15.2. The lowest BCUT2D eigenvalue weighted by Gasteiger charge is -2.43. The maximum Gasteiger partial charge on any atom is 0.305 e. The molecular weight excluding hydrogens is 791 g/mol. The zero-order valence-corrected chi connectivity index (χ0v) is 43.8. The van der Waals surface area contributed by atoms with Gasteiger partial charge >= 0.3 is 11.9 Å². The molecule has 0 bridgehead atoms. The first-order valence-corrected chi connectivity index (χ1v) is 28.9. The SMILES string of the molecule is CCCCCCCCC(CCCCCC)COC(=O)CCCCCN(CCCCCC(=O)OCC(CCCCCC)CCCCCCCC)CCN(CC1CCCCN1C)C1CCC1. The summed E-state index contributed by atoms with van der Waals surface area (Å²) in [7, 11) is 2.34. The minimum Gasteiger partial charge on any atom is -0.465 e. The van der Waals surface area contributed by atoms with Crippen LogP contribution in [0.5, 0.6) is 0 Å². The largest absolute Gasteiger partial charge is 0.465 e. The van der Waals surface area contributed by atoms with Gasteiger partial charge in [-0.3, -0.25) is 14.5 Å². The van der Waals surface area contributed by atoms with Crippen LogP contribution in [0.1, 0.15) is 272 Å². The Hall–Kier alpha value is -1.18.